The molecular formula is C16H23ClN2O2. The van der Waals surface area contributed by atoms with Crippen LogP contribution in [0.2, 0.25) is 0 Å². The number of rotatable bonds is 6. The van der Waals surface area contributed by atoms with Crippen LogP contribution >= 0.6 is 12.4 Å². The van der Waals surface area contributed by atoms with E-state index in [9.17, 15) is 5.11 Å². The van der Waals surface area contributed by atoms with E-state index in [0.717, 1.165) is 11.4 Å². The highest BCUT2D eigenvalue weighted by Gasteiger charge is 2.19. The van der Waals surface area contributed by atoms with E-state index in [1.54, 1.807) is 0 Å². The van der Waals surface area contributed by atoms with Crippen molar-refractivity contribution >= 4 is 12.4 Å². The van der Waals surface area contributed by atoms with Gasteiger partial charge in [0.1, 0.15) is 18.5 Å². The van der Waals surface area contributed by atoms with Crippen molar-refractivity contribution in [2.24, 2.45) is 11.7 Å². The van der Waals surface area contributed by atoms with E-state index in [4.69, 9.17) is 10.5 Å². The fourth-order valence-corrected chi connectivity index (χ4v) is 2.02. The van der Waals surface area contributed by atoms with Crippen LogP contribution in [0.25, 0.3) is 5.69 Å². The molecule has 1 heterocycles. The zero-order valence-electron chi connectivity index (χ0n) is 12.3. The van der Waals surface area contributed by atoms with Crippen LogP contribution in [0.3, 0.4) is 0 Å². The van der Waals surface area contributed by atoms with Gasteiger partial charge in [0.2, 0.25) is 0 Å². The lowest BCUT2D eigenvalue weighted by atomic mass is 10.0. The molecule has 116 valence electrons. The van der Waals surface area contributed by atoms with Gasteiger partial charge in [-0.3, -0.25) is 0 Å². The average Bonchev–Trinajstić information content (AvgIpc) is 2.98. The lowest BCUT2D eigenvalue weighted by Crippen LogP contribution is -2.42. The molecule has 4 nitrogen and oxygen atoms in total. The maximum atomic E-state index is 10.0. The van der Waals surface area contributed by atoms with Gasteiger partial charge in [-0.1, -0.05) is 26.0 Å². The summed E-state index contributed by atoms with van der Waals surface area (Å²) in [7, 11) is 0. The van der Waals surface area contributed by atoms with Gasteiger partial charge in [0.05, 0.1) is 5.69 Å². The molecule has 2 unspecified atom stereocenters. The van der Waals surface area contributed by atoms with Gasteiger partial charge in [0.15, 0.2) is 0 Å². The van der Waals surface area contributed by atoms with E-state index in [2.05, 4.69) is 0 Å². The van der Waals surface area contributed by atoms with Crippen molar-refractivity contribution in [3.63, 3.8) is 0 Å². The molecule has 0 amide bonds. The van der Waals surface area contributed by atoms with E-state index < -0.39 is 6.10 Å². The molecule has 0 aliphatic carbocycles. The molecule has 0 bridgehead atoms. The van der Waals surface area contributed by atoms with Crippen LogP contribution < -0.4 is 10.5 Å². The normalized spacial score (nSPS) is 13.6. The lowest BCUT2D eigenvalue weighted by Gasteiger charge is -2.23. The Hall–Kier alpha value is -1.49. The fraction of sp³-hybridized carbons (Fsp3) is 0.375. The van der Waals surface area contributed by atoms with Gasteiger partial charge >= 0.3 is 0 Å². The summed E-state index contributed by atoms with van der Waals surface area (Å²) in [6.07, 6.45) is 3.24. The minimum atomic E-state index is -0.673. The van der Waals surface area contributed by atoms with E-state index in [1.165, 1.54) is 0 Å². The lowest BCUT2D eigenvalue weighted by molar-refractivity contribution is 0.0715. The third-order valence-electron chi connectivity index (χ3n) is 3.37. The summed E-state index contributed by atoms with van der Waals surface area (Å²) in [6.45, 7) is 4.17. The van der Waals surface area contributed by atoms with E-state index in [0.29, 0.717) is 0 Å². The predicted octanol–water partition coefficient (Wildman–Crippen LogP) is 2.62. The number of para-hydroxylation sites is 2. The molecule has 21 heavy (non-hydrogen) atoms. The molecule has 0 spiro atoms. The number of hydrogen-bond donors (Lipinski definition) is 2. The predicted molar refractivity (Wildman–Crippen MR) is 87.3 cm³/mol. The third kappa shape index (κ3) is 4.49. The molecular weight excluding hydrogens is 288 g/mol. The molecule has 0 aliphatic heterocycles. The number of aromatic nitrogens is 1. The second-order valence-electron chi connectivity index (χ2n) is 5.26. The molecule has 2 atom stereocenters. The first-order valence-electron chi connectivity index (χ1n) is 6.88. The van der Waals surface area contributed by atoms with Crippen molar-refractivity contribution in [2.45, 2.75) is 26.0 Å². The Morgan fingerprint density at radius 1 is 1.14 bits per heavy atom. The van der Waals surface area contributed by atoms with Gasteiger partial charge in [-0.25, -0.2) is 0 Å². The van der Waals surface area contributed by atoms with Gasteiger partial charge in [-0.2, -0.15) is 0 Å². The van der Waals surface area contributed by atoms with Gasteiger partial charge in [0, 0.05) is 18.4 Å². The van der Waals surface area contributed by atoms with E-state index in [-0.39, 0.29) is 31.0 Å². The maximum absolute atomic E-state index is 10.0. The van der Waals surface area contributed by atoms with Crippen molar-refractivity contribution in [2.75, 3.05) is 6.61 Å². The number of aliphatic hydroxyl groups excluding tert-OH is 1. The largest absolute Gasteiger partial charge is 0.489 e. The molecule has 0 radical (unpaired) electrons. The summed E-state index contributed by atoms with van der Waals surface area (Å²) in [6, 6.07) is 11.4. The van der Waals surface area contributed by atoms with Gasteiger partial charge in [-0.15, -0.1) is 12.4 Å². The SMILES string of the molecule is CC(C)C(N)C(O)COc1ccccc1-n1cccc1.Cl. The standard InChI is InChI=1S/C16H22N2O2.ClH/c1-12(2)16(17)14(19)11-20-15-8-4-3-7-13(15)18-9-5-6-10-18;/h3-10,12,14,16,19H,11,17H2,1-2H3;1H. The van der Waals surface area contributed by atoms with Crippen LogP contribution in [0.1, 0.15) is 13.8 Å². The van der Waals surface area contributed by atoms with Gasteiger partial charge in [0.25, 0.3) is 0 Å². The van der Waals surface area contributed by atoms with Crippen LogP contribution in [0, 0.1) is 5.92 Å². The Labute approximate surface area is 131 Å². The topological polar surface area (TPSA) is 60.4 Å². The summed E-state index contributed by atoms with van der Waals surface area (Å²) in [5.41, 5.74) is 6.87. The Balaban J connectivity index is 0.00000220. The van der Waals surface area contributed by atoms with Gasteiger partial charge < -0.3 is 20.1 Å². The molecule has 0 saturated heterocycles. The highest BCUT2D eigenvalue weighted by atomic mass is 35.5. The molecule has 1 aromatic carbocycles. The summed E-state index contributed by atoms with van der Waals surface area (Å²) >= 11 is 0. The fourth-order valence-electron chi connectivity index (χ4n) is 2.02. The number of nitrogens with zero attached hydrogens (tertiary/aromatic N) is 1. The second kappa shape index (κ2) is 8.08. The highest BCUT2D eigenvalue weighted by Crippen LogP contribution is 2.22. The van der Waals surface area contributed by atoms with Crippen molar-refractivity contribution < 1.29 is 9.84 Å². The molecule has 0 saturated carbocycles. The Morgan fingerprint density at radius 3 is 2.38 bits per heavy atom. The van der Waals surface area contributed by atoms with E-state index in [1.807, 2.05) is 67.2 Å². The smallest absolute Gasteiger partial charge is 0.143 e. The molecule has 2 aromatic rings. The van der Waals surface area contributed by atoms with Crippen molar-refractivity contribution in [1.82, 2.24) is 4.57 Å². The molecule has 1 aromatic heterocycles. The molecule has 2 rings (SSSR count). The zero-order chi connectivity index (χ0) is 14.5. The van der Waals surface area contributed by atoms with Crippen molar-refractivity contribution in [1.29, 1.82) is 0 Å². The van der Waals surface area contributed by atoms with Crippen LogP contribution in [0.4, 0.5) is 0 Å². The third-order valence-corrected chi connectivity index (χ3v) is 3.37. The highest BCUT2D eigenvalue weighted by molar-refractivity contribution is 5.85. The summed E-state index contributed by atoms with van der Waals surface area (Å²) < 4.78 is 7.72. The number of hydrogen-bond acceptors (Lipinski definition) is 3. The monoisotopic (exact) mass is 310 g/mol. The van der Waals surface area contributed by atoms with Crippen LogP contribution in [-0.2, 0) is 0 Å². The Morgan fingerprint density at radius 2 is 1.76 bits per heavy atom. The Bertz CT molecular complexity index is 529. The zero-order valence-corrected chi connectivity index (χ0v) is 13.2. The number of benzene rings is 1. The first kappa shape index (κ1) is 17.6. The first-order valence-corrected chi connectivity index (χ1v) is 6.88. The van der Waals surface area contributed by atoms with Gasteiger partial charge in [-0.05, 0) is 30.2 Å². The maximum Gasteiger partial charge on any atom is 0.143 e. The van der Waals surface area contributed by atoms with E-state index >= 15 is 0 Å². The Kier molecular flexibility index (Phi) is 6.75. The second-order valence-corrected chi connectivity index (χ2v) is 5.26. The molecule has 0 fully saturated rings. The van der Waals surface area contributed by atoms with Crippen LogP contribution in [0.5, 0.6) is 5.75 Å². The quantitative estimate of drug-likeness (QED) is 0.862. The first-order chi connectivity index (χ1) is 9.59. The summed E-state index contributed by atoms with van der Waals surface area (Å²) in [5.74, 6) is 0.951. The van der Waals surface area contributed by atoms with Crippen LogP contribution in [0.15, 0.2) is 48.8 Å². The van der Waals surface area contributed by atoms with Crippen molar-refractivity contribution in [3.05, 3.63) is 48.8 Å². The molecule has 5 heteroatoms. The summed E-state index contributed by atoms with van der Waals surface area (Å²) in [5, 5.41) is 10.0. The van der Waals surface area contributed by atoms with Crippen molar-refractivity contribution in [3.8, 4) is 11.4 Å². The minimum absolute atomic E-state index is 0. The number of ether oxygens (including phenoxy) is 1. The number of nitrogens with two attached hydrogens (primary N) is 1. The average molecular weight is 311 g/mol. The minimum Gasteiger partial charge on any atom is -0.489 e. The summed E-state index contributed by atoms with van der Waals surface area (Å²) in [4.78, 5) is 0. The number of aliphatic hydroxyl groups is 1. The molecule has 3 N–H and O–H groups in total. The number of halogens is 1. The van der Waals surface area contributed by atoms with Crippen LogP contribution in [-0.4, -0.2) is 28.4 Å². The molecule has 0 aliphatic rings.